The van der Waals surface area contributed by atoms with Gasteiger partial charge >= 0.3 is 6.11 Å². The van der Waals surface area contributed by atoms with Crippen LogP contribution in [0.1, 0.15) is 0 Å². The highest BCUT2D eigenvalue weighted by molar-refractivity contribution is 4.98. The lowest BCUT2D eigenvalue weighted by Crippen LogP contribution is -2.14. The fraction of sp³-hybridized carbons (Fsp3) is 0.500. The molecule has 0 amide bonds. The van der Waals surface area contributed by atoms with Crippen LogP contribution in [0.2, 0.25) is 0 Å². The zero-order valence-corrected chi connectivity index (χ0v) is 3.77. The molecule has 1 unspecified atom stereocenters. The lowest BCUT2D eigenvalue weighted by Gasteiger charge is -2.04. The van der Waals surface area contributed by atoms with Gasteiger partial charge in [0.05, 0.1) is 0 Å². The molecule has 1 atom stereocenters. The maximum atomic E-state index is 11.6. The van der Waals surface area contributed by atoms with E-state index in [9.17, 15) is 13.2 Å². The molecule has 0 radical (unpaired) electrons. The van der Waals surface area contributed by atoms with E-state index in [1.807, 2.05) is 0 Å². The first-order valence-corrected chi connectivity index (χ1v) is 1.99. The van der Waals surface area contributed by atoms with Crippen LogP contribution in [-0.4, -0.2) is 12.5 Å². The lowest BCUT2D eigenvalue weighted by molar-refractivity contribution is -0.228. The molecule has 1 nitrogen and oxygen atoms in total. The predicted molar refractivity (Wildman–Crippen MR) is 20.1 cm³/mol. The number of ether oxygens (including phenoxy) is 1. The highest BCUT2D eigenvalue weighted by Crippen LogP contribution is 2.26. The molecule has 0 bridgehead atoms. The Balaban J connectivity index is 2.58. The van der Waals surface area contributed by atoms with Crippen molar-refractivity contribution < 1.29 is 17.9 Å². The van der Waals surface area contributed by atoms with Crippen LogP contribution < -0.4 is 0 Å². The third-order valence-corrected chi connectivity index (χ3v) is 0.711. The van der Waals surface area contributed by atoms with E-state index in [2.05, 4.69) is 4.74 Å². The Labute approximate surface area is 43.7 Å². The van der Waals surface area contributed by atoms with Crippen molar-refractivity contribution in [2.24, 2.45) is 0 Å². The maximum Gasteiger partial charge on any atom is 0.379 e. The van der Waals surface area contributed by atoms with Gasteiger partial charge < -0.3 is 0 Å². The Bertz CT molecular complexity index is 120. The molecule has 0 fully saturated rings. The van der Waals surface area contributed by atoms with Gasteiger partial charge in [-0.25, -0.2) is 4.39 Å². The summed E-state index contributed by atoms with van der Waals surface area (Å²) in [5, 5.41) is 0. The minimum Gasteiger partial charge on any atom is -0.278 e. The Morgan fingerprint density at radius 3 is 2.25 bits per heavy atom. The fourth-order valence-electron chi connectivity index (χ4n) is 0.416. The summed E-state index contributed by atoms with van der Waals surface area (Å²) >= 11 is 0. The molecule has 0 aromatic heterocycles. The molecule has 0 saturated carbocycles. The largest absolute Gasteiger partial charge is 0.379 e. The minimum atomic E-state index is -3.39. The Morgan fingerprint density at radius 1 is 1.50 bits per heavy atom. The lowest BCUT2D eigenvalue weighted by atomic mass is 10.5. The van der Waals surface area contributed by atoms with Gasteiger partial charge in [0.15, 0.2) is 0 Å². The van der Waals surface area contributed by atoms with Gasteiger partial charge in [-0.05, 0) is 6.08 Å². The summed E-state index contributed by atoms with van der Waals surface area (Å²) in [6.45, 7) is 0. The Kier molecular flexibility index (Phi) is 1.04. The summed E-state index contributed by atoms with van der Waals surface area (Å²) in [5.74, 6) is 0. The summed E-state index contributed by atoms with van der Waals surface area (Å²) in [5.41, 5.74) is 0. The molecule has 0 N–H and O–H groups in total. The molecule has 0 saturated heterocycles. The van der Waals surface area contributed by atoms with Crippen LogP contribution in [0.4, 0.5) is 13.2 Å². The van der Waals surface area contributed by atoms with Crippen molar-refractivity contribution >= 4 is 0 Å². The topological polar surface area (TPSA) is 9.23 Å². The summed E-state index contributed by atoms with van der Waals surface area (Å²) in [7, 11) is 0. The molecule has 8 heavy (non-hydrogen) atoms. The monoisotopic (exact) mass is 124 g/mol. The molecular formula is C4H3F3O. The van der Waals surface area contributed by atoms with Gasteiger partial charge in [-0.3, -0.25) is 4.74 Å². The first-order valence-electron chi connectivity index (χ1n) is 1.99. The van der Waals surface area contributed by atoms with Crippen molar-refractivity contribution in [2.75, 3.05) is 0 Å². The van der Waals surface area contributed by atoms with E-state index >= 15 is 0 Å². The number of hydrogen-bond acceptors (Lipinski definition) is 1. The number of hydrogen-bond donors (Lipinski definition) is 0. The Morgan fingerprint density at radius 2 is 2.12 bits per heavy atom. The van der Waals surface area contributed by atoms with E-state index in [0.717, 1.165) is 0 Å². The molecular weight excluding hydrogens is 121 g/mol. The quantitative estimate of drug-likeness (QED) is 0.444. The van der Waals surface area contributed by atoms with Crippen molar-refractivity contribution in [3.8, 4) is 0 Å². The van der Waals surface area contributed by atoms with Crippen molar-refractivity contribution in [2.45, 2.75) is 12.5 Å². The van der Waals surface area contributed by atoms with Gasteiger partial charge in [-0.2, -0.15) is 8.78 Å². The maximum absolute atomic E-state index is 11.6. The average molecular weight is 124 g/mol. The van der Waals surface area contributed by atoms with Crippen LogP contribution in [-0.2, 0) is 4.74 Å². The van der Waals surface area contributed by atoms with Crippen molar-refractivity contribution in [1.82, 2.24) is 0 Å². The molecule has 1 heterocycles. The highest BCUT2D eigenvalue weighted by Gasteiger charge is 2.35. The second kappa shape index (κ2) is 1.48. The van der Waals surface area contributed by atoms with E-state index in [1.165, 1.54) is 0 Å². The SMILES string of the molecule is FC1C=CC(F)(F)O1. The first-order chi connectivity index (χ1) is 3.60. The van der Waals surface area contributed by atoms with E-state index in [1.54, 1.807) is 0 Å². The standard InChI is InChI=1S/C4H3F3O/c5-3-1-2-4(6,7)8-3/h1-3H. The van der Waals surface area contributed by atoms with Gasteiger partial charge in [0, 0.05) is 6.08 Å². The minimum absolute atomic E-state index is 0.387. The highest BCUT2D eigenvalue weighted by atomic mass is 19.3. The van der Waals surface area contributed by atoms with Gasteiger partial charge in [-0.15, -0.1) is 0 Å². The van der Waals surface area contributed by atoms with Crippen molar-refractivity contribution in [3.05, 3.63) is 12.2 Å². The van der Waals surface area contributed by atoms with Crippen molar-refractivity contribution in [1.29, 1.82) is 0 Å². The van der Waals surface area contributed by atoms with E-state index < -0.39 is 12.5 Å². The first kappa shape index (κ1) is 5.62. The average Bonchev–Trinajstić information content (AvgIpc) is 1.82. The van der Waals surface area contributed by atoms with Gasteiger partial charge in [0.1, 0.15) is 0 Å². The molecule has 0 spiro atoms. The van der Waals surface area contributed by atoms with Crippen LogP contribution in [0.5, 0.6) is 0 Å². The molecule has 0 aromatic carbocycles. The fourth-order valence-corrected chi connectivity index (χ4v) is 0.416. The normalized spacial score (nSPS) is 33.6. The second-order valence-electron chi connectivity index (χ2n) is 1.39. The number of alkyl halides is 3. The van der Waals surface area contributed by atoms with E-state index in [-0.39, 0.29) is 0 Å². The molecule has 1 rings (SSSR count). The second-order valence-corrected chi connectivity index (χ2v) is 1.39. The molecule has 1 aliphatic rings. The third kappa shape index (κ3) is 1.01. The van der Waals surface area contributed by atoms with Crippen LogP contribution in [0, 0.1) is 0 Å². The summed E-state index contributed by atoms with van der Waals surface area (Å²) in [4.78, 5) is 0. The summed E-state index contributed by atoms with van der Waals surface area (Å²) in [6, 6.07) is 0. The van der Waals surface area contributed by atoms with Crippen LogP contribution in [0.15, 0.2) is 12.2 Å². The Hall–Kier alpha value is -0.510. The van der Waals surface area contributed by atoms with Crippen molar-refractivity contribution in [3.63, 3.8) is 0 Å². The molecule has 0 aliphatic carbocycles. The van der Waals surface area contributed by atoms with Gasteiger partial charge in [0.2, 0.25) is 6.36 Å². The predicted octanol–water partition coefficient (Wildman–Crippen LogP) is 1.46. The van der Waals surface area contributed by atoms with Crippen LogP contribution in [0.3, 0.4) is 0 Å². The molecule has 1 aliphatic heterocycles. The number of rotatable bonds is 0. The third-order valence-electron chi connectivity index (χ3n) is 0.711. The van der Waals surface area contributed by atoms with Crippen LogP contribution >= 0.6 is 0 Å². The van der Waals surface area contributed by atoms with Crippen LogP contribution in [0.25, 0.3) is 0 Å². The smallest absolute Gasteiger partial charge is 0.278 e. The molecule has 0 aromatic rings. The summed E-state index contributed by atoms with van der Waals surface area (Å²) < 4.78 is 38.4. The van der Waals surface area contributed by atoms with Gasteiger partial charge in [0.25, 0.3) is 0 Å². The molecule has 46 valence electrons. The summed E-state index contributed by atoms with van der Waals surface area (Å²) in [6.07, 6.45) is -4.28. The van der Waals surface area contributed by atoms with E-state index in [4.69, 9.17) is 0 Å². The van der Waals surface area contributed by atoms with E-state index in [0.29, 0.717) is 12.2 Å². The zero-order valence-electron chi connectivity index (χ0n) is 3.77. The molecule has 4 heteroatoms. The van der Waals surface area contributed by atoms with Gasteiger partial charge in [-0.1, -0.05) is 0 Å². The zero-order chi connectivity index (χ0) is 6.20. The number of halogens is 3.